The predicted octanol–water partition coefficient (Wildman–Crippen LogP) is -2.19. The van der Waals surface area contributed by atoms with Crippen LogP contribution in [0.5, 0.6) is 0 Å². The quantitative estimate of drug-likeness (QED) is 0.105. The number of nitrogens with zero attached hydrogens (tertiary/aromatic N) is 3. The van der Waals surface area contributed by atoms with Crippen LogP contribution in [0.15, 0.2) is 0 Å². The molecular formula is C18H32N4O10. The highest BCUT2D eigenvalue weighted by atomic mass is 16.4. The van der Waals surface area contributed by atoms with Crippen molar-refractivity contribution in [2.75, 3.05) is 58.9 Å². The zero-order chi connectivity index (χ0) is 24.7. The summed E-state index contributed by atoms with van der Waals surface area (Å²) in [5.41, 5.74) is 5.49. The summed E-state index contributed by atoms with van der Waals surface area (Å²) in [5.74, 6) is -6.17. The fourth-order valence-corrected chi connectivity index (χ4v) is 3.18. The molecule has 0 saturated carbocycles. The largest absolute Gasteiger partial charge is 0.480 e. The minimum atomic E-state index is -1.25. The summed E-state index contributed by atoms with van der Waals surface area (Å²) in [7, 11) is 0. The van der Waals surface area contributed by atoms with E-state index in [1.54, 1.807) is 0 Å². The summed E-state index contributed by atoms with van der Waals surface area (Å²) in [4.78, 5) is 59.4. The Morgan fingerprint density at radius 3 is 1.44 bits per heavy atom. The van der Waals surface area contributed by atoms with E-state index in [1.165, 1.54) is 9.80 Å². The maximum Gasteiger partial charge on any atom is 0.317 e. The predicted molar refractivity (Wildman–Crippen MR) is 109 cm³/mol. The first-order chi connectivity index (χ1) is 14.9. The number of carbonyl (C=O) groups is 5. The number of aliphatic carboxylic acids is 5. The number of hydrogen-bond donors (Lipinski definition) is 6. The van der Waals surface area contributed by atoms with Crippen LogP contribution in [0, 0.1) is 0 Å². The van der Waals surface area contributed by atoms with Crippen molar-refractivity contribution in [2.24, 2.45) is 5.73 Å². The summed E-state index contributed by atoms with van der Waals surface area (Å²) >= 11 is 0. The zero-order valence-corrected chi connectivity index (χ0v) is 17.8. The zero-order valence-electron chi connectivity index (χ0n) is 17.8. The minimum absolute atomic E-state index is 0.00852. The Morgan fingerprint density at radius 1 is 0.625 bits per heavy atom. The smallest absolute Gasteiger partial charge is 0.317 e. The first-order valence-corrected chi connectivity index (χ1v) is 9.92. The molecule has 0 bridgehead atoms. The molecule has 0 radical (unpaired) electrons. The Labute approximate surface area is 184 Å². The topological polar surface area (TPSA) is 222 Å². The Hall–Kier alpha value is -2.81. The third-order valence-electron chi connectivity index (χ3n) is 4.46. The number of carboxylic acids is 5. The van der Waals surface area contributed by atoms with Crippen molar-refractivity contribution in [3.8, 4) is 0 Å². The molecule has 0 spiro atoms. The fourth-order valence-electron chi connectivity index (χ4n) is 3.18. The van der Waals surface area contributed by atoms with E-state index in [1.807, 2.05) is 0 Å². The van der Waals surface area contributed by atoms with Gasteiger partial charge in [0.2, 0.25) is 0 Å². The van der Waals surface area contributed by atoms with Crippen LogP contribution in [-0.2, 0) is 24.0 Å². The third-order valence-corrected chi connectivity index (χ3v) is 4.46. The Morgan fingerprint density at radius 2 is 1.03 bits per heavy atom. The highest BCUT2D eigenvalue weighted by Gasteiger charge is 2.26. The normalized spacial score (nSPS) is 12.2. The highest BCUT2D eigenvalue weighted by molar-refractivity contribution is 5.73. The first kappa shape index (κ1) is 29.2. The van der Waals surface area contributed by atoms with E-state index in [2.05, 4.69) is 0 Å². The molecule has 0 rings (SSSR count). The van der Waals surface area contributed by atoms with E-state index < -0.39 is 68.6 Å². The van der Waals surface area contributed by atoms with Crippen LogP contribution >= 0.6 is 0 Å². The lowest BCUT2D eigenvalue weighted by molar-refractivity contribution is -0.144. The molecule has 32 heavy (non-hydrogen) atoms. The van der Waals surface area contributed by atoms with Crippen molar-refractivity contribution in [3.63, 3.8) is 0 Å². The summed E-state index contributed by atoms with van der Waals surface area (Å²) < 4.78 is 0. The van der Waals surface area contributed by atoms with Crippen molar-refractivity contribution in [2.45, 2.75) is 25.3 Å². The molecule has 1 unspecified atom stereocenters. The van der Waals surface area contributed by atoms with Gasteiger partial charge < -0.3 is 31.3 Å². The Balaban J connectivity index is 5.52. The highest BCUT2D eigenvalue weighted by Crippen LogP contribution is 2.12. The van der Waals surface area contributed by atoms with Crippen LogP contribution in [0.1, 0.15) is 19.3 Å². The maximum absolute atomic E-state index is 11.3. The molecule has 0 aromatic heterocycles. The van der Waals surface area contributed by atoms with Crippen LogP contribution in [0.25, 0.3) is 0 Å². The van der Waals surface area contributed by atoms with Gasteiger partial charge in [0.05, 0.1) is 32.7 Å². The van der Waals surface area contributed by atoms with Gasteiger partial charge in [0.15, 0.2) is 0 Å². The lowest BCUT2D eigenvalue weighted by atomic mass is 10.1. The van der Waals surface area contributed by atoms with E-state index in [-0.39, 0.29) is 19.6 Å². The number of rotatable bonds is 20. The summed E-state index contributed by atoms with van der Waals surface area (Å²) in [6.07, 6.45) is 1.53. The molecule has 0 amide bonds. The van der Waals surface area contributed by atoms with Gasteiger partial charge in [0.25, 0.3) is 0 Å². The van der Waals surface area contributed by atoms with Crippen LogP contribution < -0.4 is 5.73 Å². The van der Waals surface area contributed by atoms with E-state index >= 15 is 0 Å². The minimum Gasteiger partial charge on any atom is -0.480 e. The molecular weight excluding hydrogens is 432 g/mol. The summed E-state index contributed by atoms with van der Waals surface area (Å²) in [5, 5.41) is 45.4. The van der Waals surface area contributed by atoms with E-state index in [0.29, 0.717) is 25.8 Å². The summed E-state index contributed by atoms with van der Waals surface area (Å²) in [6.45, 7) is -2.44. The lowest BCUT2D eigenvalue weighted by Crippen LogP contribution is -2.50. The van der Waals surface area contributed by atoms with E-state index in [4.69, 9.17) is 26.2 Å². The van der Waals surface area contributed by atoms with Crippen molar-refractivity contribution in [1.29, 1.82) is 0 Å². The monoisotopic (exact) mass is 464 g/mol. The standard InChI is InChI=1S/C18H32N4O10/c19-4-2-1-3-13(22(11-17(29)30)12-18(31)32)7-20(8-14(23)24)5-6-21(9-15(25)26)10-16(27)28/h13H,1-12,19H2,(H,23,24)(H,25,26)(H,27,28)(H,29,30)(H,31,32). The molecule has 14 nitrogen and oxygen atoms in total. The van der Waals surface area contributed by atoms with Gasteiger partial charge in [-0.2, -0.15) is 0 Å². The van der Waals surface area contributed by atoms with Crippen LogP contribution in [0.3, 0.4) is 0 Å². The van der Waals surface area contributed by atoms with Crippen LogP contribution in [0.4, 0.5) is 0 Å². The van der Waals surface area contributed by atoms with Gasteiger partial charge in [0.1, 0.15) is 0 Å². The number of hydrogen-bond acceptors (Lipinski definition) is 9. The van der Waals surface area contributed by atoms with Gasteiger partial charge in [-0.25, -0.2) is 0 Å². The molecule has 0 aromatic rings. The van der Waals surface area contributed by atoms with Crippen molar-refractivity contribution < 1.29 is 49.5 Å². The number of nitrogens with two attached hydrogens (primary N) is 1. The lowest BCUT2D eigenvalue weighted by Gasteiger charge is -2.34. The molecule has 0 aliphatic heterocycles. The van der Waals surface area contributed by atoms with Gasteiger partial charge >= 0.3 is 29.8 Å². The molecule has 0 heterocycles. The molecule has 0 fully saturated rings. The average Bonchev–Trinajstić information content (AvgIpc) is 2.62. The van der Waals surface area contributed by atoms with Gasteiger partial charge in [-0.1, -0.05) is 6.42 Å². The van der Waals surface area contributed by atoms with Crippen molar-refractivity contribution in [1.82, 2.24) is 14.7 Å². The Kier molecular flexibility index (Phi) is 14.5. The second kappa shape index (κ2) is 15.9. The van der Waals surface area contributed by atoms with Crippen LogP contribution in [0.2, 0.25) is 0 Å². The van der Waals surface area contributed by atoms with Gasteiger partial charge in [0, 0.05) is 25.7 Å². The van der Waals surface area contributed by atoms with Crippen LogP contribution in [-0.4, -0.2) is 135 Å². The van der Waals surface area contributed by atoms with E-state index in [9.17, 15) is 29.1 Å². The summed E-state index contributed by atoms with van der Waals surface area (Å²) in [6, 6.07) is -0.625. The molecule has 0 aliphatic rings. The molecule has 0 aliphatic carbocycles. The second-order valence-electron chi connectivity index (χ2n) is 7.26. The first-order valence-electron chi connectivity index (χ1n) is 9.92. The number of carboxylic acid groups (broad SMARTS) is 5. The van der Waals surface area contributed by atoms with Gasteiger partial charge in [-0.3, -0.25) is 38.7 Å². The van der Waals surface area contributed by atoms with Gasteiger partial charge in [-0.05, 0) is 19.4 Å². The number of unbranched alkanes of at least 4 members (excludes halogenated alkanes) is 1. The SMILES string of the molecule is NCCCCC(CN(CCN(CC(=O)O)CC(=O)O)CC(=O)O)N(CC(=O)O)CC(=O)O. The maximum atomic E-state index is 11.3. The molecule has 7 N–H and O–H groups in total. The molecule has 14 heteroatoms. The van der Waals surface area contributed by atoms with E-state index in [0.717, 1.165) is 4.90 Å². The fraction of sp³-hybridized carbons (Fsp3) is 0.722. The second-order valence-corrected chi connectivity index (χ2v) is 7.26. The molecule has 1 atom stereocenters. The molecule has 0 saturated heterocycles. The van der Waals surface area contributed by atoms with Gasteiger partial charge in [-0.15, -0.1) is 0 Å². The molecule has 0 aromatic carbocycles. The van der Waals surface area contributed by atoms with Crippen molar-refractivity contribution in [3.05, 3.63) is 0 Å². The molecule has 184 valence electrons. The Bertz CT molecular complexity index is 613. The third kappa shape index (κ3) is 15.1. The van der Waals surface area contributed by atoms with Crippen molar-refractivity contribution >= 4 is 29.8 Å². The average molecular weight is 464 g/mol.